The number of aryl methyl sites for hydroxylation is 1. The van der Waals surface area contributed by atoms with Crippen LogP contribution in [0.5, 0.6) is 0 Å². The quantitative estimate of drug-likeness (QED) is 0.269. The number of anilines is 3. The summed E-state index contributed by atoms with van der Waals surface area (Å²) in [6, 6.07) is 22.1. The minimum absolute atomic E-state index is 0.108. The maximum Gasteiger partial charge on any atom is 0.259 e. The normalized spacial score (nSPS) is 14.3. The van der Waals surface area contributed by atoms with Crippen LogP contribution in [0.15, 0.2) is 81.5 Å². The first-order valence-corrected chi connectivity index (χ1v) is 14.0. The summed E-state index contributed by atoms with van der Waals surface area (Å²) in [7, 11) is 2.10. The van der Waals surface area contributed by atoms with Gasteiger partial charge in [0, 0.05) is 38.6 Å². The van der Waals surface area contributed by atoms with Crippen LogP contribution in [0.2, 0.25) is 5.02 Å². The second-order valence-corrected chi connectivity index (χ2v) is 11.6. The summed E-state index contributed by atoms with van der Waals surface area (Å²) in [5.74, 6) is -0.108. The number of hydrogen-bond donors (Lipinski definition) is 1. The van der Waals surface area contributed by atoms with Crippen LogP contribution < -0.4 is 10.2 Å². The van der Waals surface area contributed by atoms with Crippen molar-refractivity contribution in [1.29, 1.82) is 0 Å². The van der Waals surface area contributed by atoms with Gasteiger partial charge >= 0.3 is 0 Å². The first-order chi connectivity index (χ1) is 17.6. The number of halogens is 1. The maximum atomic E-state index is 13.4. The Kier molecular flexibility index (Phi) is 6.34. The van der Waals surface area contributed by atoms with Crippen LogP contribution in [0.25, 0.3) is 0 Å². The van der Waals surface area contributed by atoms with Gasteiger partial charge in [0.25, 0.3) is 5.91 Å². The van der Waals surface area contributed by atoms with E-state index in [0.717, 1.165) is 47.5 Å². The number of benzene rings is 3. The summed E-state index contributed by atoms with van der Waals surface area (Å²) in [6.45, 7) is 0. The Balaban J connectivity index is 1.31. The molecule has 6 rings (SSSR count). The van der Waals surface area contributed by atoms with Crippen LogP contribution in [0.3, 0.4) is 0 Å². The van der Waals surface area contributed by atoms with Crippen molar-refractivity contribution in [3.63, 3.8) is 0 Å². The fraction of sp³-hybridized carbons (Fsp3) is 0.172. The van der Waals surface area contributed by atoms with E-state index in [-0.39, 0.29) is 5.91 Å². The zero-order chi connectivity index (χ0) is 24.6. The molecule has 3 aromatic carbocycles. The highest BCUT2D eigenvalue weighted by molar-refractivity contribution is 7.99. The van der Waals surface area contributed by atoms with Crippen LogP contribution >= 0.6 is 34.7 Å². The van der Waals surface area contributed by atoms with Crippen molar-refractivity contribution in [2.75, 3.05) is 17.3 Å². The van der Waals surface area contributed by atoms with Crippen LogP contribution in [0.1, 0.15) is 39.2 Å². The zero-order valence-corrected chi connectivity index (χ0v) is 22.1. The van der Waals surface area contributed by atoms with Gasteiger partial charge in [-0.15, -0.1) is 11.3 Å². The van der Waals surface area contributed by atoms with Gasteiger partial charge in [-0.3, -0.25) is 4.79 Å². The molecule has 36 heavy (non-hydrogen) atoms. The average molecular weight is 530 g/mol. The van der Waals surface area contributed by atoms with E-state index in [9.17, 15) is 4.79 Å². The molecule has 1 N–H and O–H groups in total. The van der Waals surface area contributed by atoms with Crippen molar-refractivity contribution in [2.45, 2.75) is 35.5 Å². The third-order valence-electron chi connectivity index (χ3n) is 6.60. The van der Waals surface area contributed by atoms with E-state index < -0.39 is 0 Å². The summed E-state index contributed by atoms with van der Waals surface area (Å²) >= 11 is 9.44. The number of carbonyl (C=O) groups excluding carboxylic acids is 1. The Bertz CT molecular complexity index is 1490. The molecule has 1 aromatic heterocycles. The molecule has 7 heteroatoms. The number of para-hydroxylation sites is 1. The Labute approximate surface area is 224 Å². The van der Waals surface area contributed by atoms with Crippen LogP contribution in [-0.2, 0) is 12.8 Å². The topological polar surface area (TPSA) is 44.7 Å². The SMILES string of the molecule is CN1c2ccccc2Sc2cc(C=Nc3sc4c(c3C(=O)Nc3ccc(Cl)cc3)CCCC4)ccc21. The molecule has 1 aliphatic carbocycles. The molecule has 4 aromatic rings. The lowest BCUT2D eigenvalue weighted by molar-refractivity contribution is 0.102. The smallest absolute Gasteiger partial charge is 0.259 e. The highest BCUT2D eigenvalue weighted by Gasteiger charge is 2.25. The van der Waals surface area contributed by atoms with Crippen molar-refractivity contribution in [3.05, 3.63) is 93.3 Å². The third kappa shape index (κ3) is 4.45. The van der Waals surface area contributed by atoms with E-state index in [1.807, 2.05) is 18.3 Å². The van der Waals surface area contributed by atoms with Gasteiger partial charge in [-0.2, -0.15) is 0 Å². The molecule has 0 saturated carbocycles. The van der Waals surface area contributed by atoms with Gasteiger partial charge in [-0.05, 0) is 85.3 Å². The highest BCUT2D eigenvalue weighted by atomic mass is 35.5. The molecule has 0 saturated heterocycles. The maximum absolute atomic E-state index is 13.4. The number of thiophene rings is 1. The van der Waals surface area contributed by atoms with Gasteiger partial charge in [0.05, 0.1) is 16.9 Å². The predicted octanol–water partition coefficient (Wildman–Crippen LogP) is 8.52. The Morgan fingerprint density at radius 2 is 1.78 bits per heavy atom. The molecule has 1 aliphatic heterocycles. The molecule has 0 spiro atoms. The van der Waals surface area contributed by atoms with Gasteiger partial charge in [-0.25, -0.2) is 4.99 Å². The fourth-order valence-corrected chi connectivity index (χ4v) is 7.33. The number of carbonyl (C=O) groups is 1. The molecule has 0 unspecified atom stereocenters. The van der Waals surface area contributed by atoms with Crippen molar-refractivity contribution in [1.82, 2.24) is 0 Å². The number of rotatable bonds is 4. The zero-order valence-electron chi connectivity index (χ0n) is 19.8. The summed E-state index contributed by atoms with van der Waals surface area (Å²) in [4.78, 5) is 24.2. The van der Waals surface area contributed by atoms with E-state index >= 15 is 0 Å². The van der Waals surface area contributed by atoms with Crippen molar-refractivity contribution in [3.8, 4) is 0 Å². The summed E-state index contributed by atoms with van der Waals surface area (Å²) in [5.41, 5.74) is 6.02. The first-order valence-electron chi connectivity index (χ1n) is 12.0. The van der Waals surface area contributed by atoms with Gasteiger partial charge in [0.1, 0.15) is 5.00 Å². The number of fused-ring (bicyclic) bond motifs is 3. The van der Waals surface area contributed by atoms with Crippen LogP contribution in [0.4, 0.5) is 22.1 Å². The third-order valence-corrected chi connectivity index (χ3v) is 9.17. The lowest BCUT2D eigenvalue weighted by Crippen LogP contribution is -2.15. The molecule has 1 amide bonds. The molecule has 2 aliphatic rings. The monoisotopic (exact) mass is 529 g/mol. The average Bonchev–Trinajstić information content (AvgIpc) is 3.27. The van der Waals surface area contributed by atoms with E-state index in [2.05, 4.69) is 59.7 Å². The Morgan fingerprint density at radius 3 is 2.64 bits per heavy atom. The number of hydrogen-bond acceptors (Lipinski definition) is 5. The number of aliphatic imine (C=N–C) groups is 1. The number of nitrogens with zero attached hydrogens (tertiary/aromatic N) is 2. The van der Waals surface area contributed by atoms with Crippen LogP contribution in [0, 0.1) is 0 Å². The standard InChI is InChI=1S/C29H24ClN3OS2/c1-33-22-7-3-5-9-25(22)35-26-16-18(10-15-23(26)33)17-31-29-27(21-6-2-4-8-24(21)36-29)28(34)32-20-13-11-19(30)12-14-20/h3,5,7,9-17H,2,4,6,8H2,1H3,(H,32,34). The molecule has 0 radical (unpaired) electrons. The highest BCUT2D eigenvalue weighted by Crippen LogP contribution is 2.47. The lowest BCUT2D eigenvalue weighted by Gasteiger charge is -2.29. The Morgan fingerprint density at radius 1 is 1.00 bits per heavy atom. The van der Waals surface area contributed by atoms with E-state index in [4.69, 9.17) is 16.6 Å². The van der Waals surface area contributed by atoms with Gasteiger partial charge in [0.15, 0.2) is 0 Å². The van der Waals surface area contributed by atoms with Crippen molar-refractivity contribution < 1.29 is 4.79 Å². The van der Waals surface area contributed by atoms with Crippen molar-refractivity contribution in [2.24, 2.45) is 4.99 Å². The summed E-state index contributed by atoms with van der Waals surface area (Å²) in [6.07, 6.45) is 6.08. The molecular formula is C29H24ClN3OS2. The molecule has 0 bridgehead atoms. The first kappa shape index (κ1) is 23.3. The predicted molar refractivity (Wildman–Crippen MR) is 153 cm³/mol. The Hall–Kier alpha value is -3.06. The lowest BCUT2D eigenvalue weighted by atomic mass is 9.95. The van der Waals surface area contributed by atoms with Gasteiger partial charge < -0.3 is 10.2 Å². The van der Waals surface area contributed by atoms with Gasteiger partial charge in [0.2, 0.25) is 0 Å². The number of amides is 1. The molecule has 0 atom stereocenters. The van der Waals surface area contributed by atoms with E-state index in [1.165, 1.54) is 26.0 Å². The van der Waals surface area contributed by atoms with E-state index in [0.29, 0.717) is 10.6 Å². The van der Waals surface area contributed by atoms with Crippen molar-refractivity contribution >= 4 is 68.9 Å². The molecule has 4 nitrogen and oxygen atoms in total. The molecule has 2 heterocycles. The minimum atomic E-state index is -0.108. The summed E-state index contributed by atoms with van der Waals surface area (Å²) in [5, 5.41) is 4.46. The fourth-order valence-electron chi connectivity index (χ4n) is 4.78. The van der Waals surface area contributed by atoms with E-state index in [1.54, 1.807) is 35.2 Å². The second-order valence-electron chi connectivity index (χ2n) is 8.97. The number of nitrogens with one attached hydrogen (secondary N) is 1. The largest absolute Gasteiger partial charge is 0.343 e. The summed E-state index contributed by atoms with van der Waals surface area (Å²) < 4.78 is 0. The van der Waals surface area contributed by atoms with Crippen LogP contribution in [-0.4, -0.2) is 19.2 Å². The molecular weight excluding hydrogens is 506 g/mol. The molecule has 180 valence electrons. The second kappa shape index (κ2) is 9.77. The van der Waals surface area contributed by atoms with Gasteiger partial charge in [-0.1, -0.05) is 41.6 Å². The minimum Gasteiger partial charge on any atom is -0.343 e. The molecule has 0 fully saturated rings.